The molecular weight excluding hydrogens is 356 g/mol. The molecule has 1 aliphatic heterocycles. The number of nitrogens with zero attached hydrogens (tertiary/aromatic N) is 1. The first-order valence-corrected chi connectivity index (χ1v) is 9.10. The normalized spacial score (nSPS) is 16.7. The van der Waals surface area contributed by atoms with E-state index in [-0.39, 0.29) is 11.9 Å². The second-order valence-corrected chi connectivity index (χ2v) is 7.25. The van der Waals surface area contributed by atoms with E-state index < -0.39 is 11.7 Å². The highest BCUT2D eigenvalue weighted by atomic mass is 35.5. The van der Waals surface area contributed by atoms with E-state index >= 15 is 0 Å². The van der Waals surface area contributed by atoms with Crippen LogP contribution in [0.4, 0.5) is 0 Å². The lowest BCUT2D eigenvalue weighted by atomic mass is 10.1. The Morgan fingerprint density at radius 2 is 1.96 bits per heavy atom. The van der Waals surface area contributed by atoms with E-state index in [0.717, 1.165) is 23.8 Å². The molecule has 0 spiro atoms. The number of hydrogen-bond donors (Lipinski definition) is 1. The first-order valence-electron chi connectivity index (χ1n) is 8.72. The van der Waals surface area contributed by atoms with Gasteiger partial charge in [0.1, 0.15) is 11.3 Å². The molecule has 7 heteroatoms. The van der Waals surface area contributed by atoms with Crippen molar-refractivity contribution in [3.05, 3.63) is 38.7 Å². The predicted molar refractivity (Wildman–Crippen MR) is 101 cm³/mol. The molecule has 6 nitrogen and oxygen atoms in total. The molecule has 0 bridgehead atoms. The molecule has 0 saturated carbocycles. The molecule has 2 aromatic rings. The van der Waals surface area contributed by atoms with Crippen LogP contribution in [0.1, 0.15) is 30.9 Å². The van der Waals surface area contributed by atoms with E-state index in [1.54, 1.807) is 30.9 Å². The number of amides is 1. The van der Waals surface area contributed by atoms with Crippen molar-refractivity contribution in [1.29, 1.82) is 0 Å². The Hall–Kier alpha value is -2.05. The zero-order chi connectivity index (χ0) is 19.0. The molecule has 1 saturated heterocycles. The molecule has 26 heavy (non-hydrogen) atoms. The van der Waals surface area contributed by atoms with Gasteiger partial charge in [-0.25, -0.2) is 4.79 Å². The van der Waals surface area contributed by atoms with E-state index in [2.05, 4.69) is 0 Å². The number of fused-ring (bicyclic) bond motifs is 1. The Morgan fingerprint density at radius 3 is 2.62 bits per heavy atom. The molecule has 1 unspecified atom stereocenters. The second kappa shape index (κ2) is 7.29. The van der Waals surface area contributed by atoms with E-state index in [1.165, 1.54) is 0 Å². The van der Waals surface area contributed by atoms with Crippen molar-refractivity contribution in [2.45, 2.75) is 45.8 Å². The fourth-order valence-electron chi connectivity index (χ4n) is 3.15. The SMILES string of the molecule is Cc1c(C)c2cc(Cl)c(OC(C)C(=O)N3CCC(N)CC3)cc2oc1=O. The minimum Gasteiger partial charge on any atom is -0.479 e. The summed E-state index contributed by atoms with van der Waals surface area (Å²) in [5.74, 6) is 0.217. The van der Waals surface area contributed by atoms with Gasteiger partial charge in [-0.15, -0.1) is 0 Å². The summed E-state index contributed by atoms with van der Waals surface area (Å²) in [6, 6.07) is 3.43. The third kappa shape index (κ3) is 3.57. The summed E-state index contributed by atoms with van der Waals surface area (Å²) in [5, 5.41) is 1.12. The van der Waals surface area contributed by atoms with Crippen LogP contribution < -0.4 is 16.1 Å². The van der Waals surface area contributed by atoms with Crippen molar-refractivity contribution < 1.29 is 13.9 Å². The fourth-order valence-corrected chi connectivity index (χ4v) is 3.36. The lowest BCUT2D eigenvalue weighted by Gasteiger charge is -2.32. The van der Waals surface area contributed by atoms with E-state index in [4.69, 9.17) is 26.5 Å². The van der Waals surface area contributed by atoms with E-state index in [9.17, 15) is 9.59 Å². The zero-order valence-electron chi connectivity index (χ0n) is 15.2. The molecule has 2 heterocycles. The third-order valence-corrected chi connectivity index (χ3v) is 5.31. The fraction of sp³-hybridized carbons (Fsp3) is 0.474. The van der Waals surface area contributed by atoms with E-state index in [0.29, 0.717) is 35.0 Å². The van der Waals surface area contributed by atoms with Gasteiger partial charge in [-0.3, -0.25) is 4.79 Å². The summed E-state index contributed by atoms with van der Waals surface area (Å²) >= 11 is 6.33. The van der Waals surface area contributed by atoms with Gasteiger partial charge in [0, 0.05) is 36.1 Å². The Bertz CT molecular complexity index is 901. The highest BCUT2D eigenvalue weighted by molar-refractivity contribution is 6.32. The lowest BCUT2D eigenvalue weighted by Crippen LogP contribution is -2.47. The monoisotopic (exact) mass is 378 g/mol. The van der Waals surface area contributed by atoms with Gasteiger partial charge in [0.15, 0.2) is 6.10 Å². The first kappa shape index (κ1) is 18.7. The van der Waals surface area contributed by atoms with Crippen LogP contribution in [-0.4, -0.2) is 36.0 Å². The number of halogens is 1. The standard InChI is InChI=1S/C19H23ClN2O4/c1-10-11(2)19(24)26-16-9-17(15(20)8-14(10)16)25-12(3)18(23)22-6-4-13(21)5-7-22/h8-9,12-13H,4-7,21H2,1-3H3. The van der Waals surface area contributed by atoms with Crippen LogP contribution in [0.15, 0.2) is 21.3 Å². The van der Waals surface area contributed by atoms with Crippen molar-refractivity contribution in [2.24, 2.45) is 5.73 Å². The molecule has 1 amide bonds. The molecular formula is C19H23ClN2O4. The molecule has 1 aliphatic rings. The zero-order valence-corrected chi connectivity index (χ0v) is 15.9. The number of nitrogens with two attached hydrogens (primary N) is 1. The number of hydrogen-bond acceptors (Lipinski definition) is 5. The van der Waals surface area contributed by atoms with Crippen LogP contribution in [0.25, 0.3) is 11.0 Å². The number of ether oxygens (including phenoxy) is 1. The molecule has 0 radical (unpaired) electrons. The molecule has 1 aromatic carbocycles. The molecule has 1 fully saturated rings. The largest absolute Gasteiger partial charge is 0.479 e. The Morgan fingerprint density at radius 1 is 1.31 bits per heavy atom. The van der Waals surface area contributed by atoms with Crippen molar-refractivity contribution >= 4 is 28.5 Å². The lowest BCUT2D eigenvalue weighted by molar-refractivity contribution is -0.139. The molecule has 3 rings (SSSR count). The van der Waals surface area contributed by atoms with Gasteiger partial charge in [0.25, 0.3) is 5.91 Å². The van der Waals surface area contributed by atoms with Gasteiger partial charge >= 0.3 is 5.63 Å². The Balaban J connectivity index is 1.84. The van der Waals surface area contributed by atoms with Gasteiger partial charge in [0.2, 0.25) is 0 Å². The van der Waals surface area contributed by atoms with Gasteiger partial charge in [-0.1, -0.05) is 11.6 Å². The number of likely N-dealkylation sites (tertiary alicyclic amines) is 1. The molecule has 1 atom stereocenters. The summed E-state index contributed by atoms with van der Waals surface area (Å²) in [7, 11) is 0. The minimum absolute atomic E-state index is 0.102. The number of rotatable bonds is 3. The Kier molecular flexibility index (Phi) is 5.25. The number of benzene rings is 1. The maximum absolute atomic E-state index is 12.6. The first-order chi connectivity index (χ1) is 12.3. The molecule has 140 valence electrons. The number of aryl methyl sites for hydroxylation is 1. The third-order valence-electron chi connectivity index (χ3n) is 5.01. The quantitative estimate of drug-likeness (QED) is 0.830. The summed E-state index contributed by atoms with van der Waals surface area (Å²) in [6.07, 6.45) is 0.885. The summed E-state index contributed by atoms with van der Waals surface area (Å²) in [4.78, 5) is 26.2. The van der Waals surface area contributed by atoms with Crippen LogP contribution in [0, 0.1) is 13.8 Å². The smallest absolute Gasteiger partial charge is 0.339 e. The summed E-state index contributed by atoms with van der Waals surface area (Å²) in [6.45, 7) is 6.51. The van der Waals surface area contributed by atoms with Crippen molar-refractivity contribution in [3.63, 3.8) is 0 Å². The average Bonchev–Trinajstić information content (AvgIpc) is 2.61. The highest BCUT2D eigenvalue weighted by Gasteiger charge is 2.26. The van der Waals surface area contributed by atoms with Crippen LogP contribution in [0.5, 0.6) is 5.75 Å². The number of carbonyl (C=O) groups excluding carboxylic acids is 1. The van der Waals surface area contributed by atoms with Crippen LogP contribution in [-0.2, 0) is 4.79 Å². The average molecular weight is 379 g/mol. The van der Waals surface area contributed by atoms with Crippen molar-refractivity contribution in [3.8, 4) is 5.75 Å². The van der Waals surface area contributed by atoms with Gasteiger partial charge < -0.3 is 19.8 Å². The molecule has 2 N–H and O–H groups in total. The van der Waals surface area contributed by atoms with Gasteiger partial charge in [-0.05, 0) is 45.2 Å². The van der Waals surface area contributed by atoms with Crippen molar-refractivity contribution in [2.75, 3.05) is 13.1 Å². The highest BCUT2D eigenvalue weighted by Crippen LogP contribution is 2.32. The summed E-state index contributed by atoms with van der Waals surface area (Å²) in [5.41, 5.74) is 7.25. The number of piperidine rings is 1. The van der Waals surface area contributed by atoms with Crippen LogP contribution in [0.2, 0.25) is 5.02 Å². The topological polar surface area (TPSA) is 85.8 Å². The van der Waals surface area contributed by atoms with Gasteiger partial charge in [0.05, 0.1) is 5.02 Å². The molecule has 0 aliphatic carbocycles. The van der Waals surface area contributed by atoms with Gasteiger partial charge in [-0.2, -0.15) is 0 Å². The summed E-state index contributed by atoms with van der Waals surface area (Å²) < 4.78 is 11.1. The molecule has 1 aromatic heterocycles. The van der Waals surface area contributed by atoms with E-state index in [1.807, 2.05) is 6.92 Å². The maximum Gasteiger partial charge on any atom is 0.339 e. The van der Waals surface area contributed by atoms with Crippen LogP contribution in [0.3, 0.4) is 0 Å². The maximum atomic E-state index is 12.6. The minimum atomic E-state index is -0.697. The van der Waals surface area contributed by atoms with Crippen LogP contribution >= 0.6 is 11.6 Å². The second-order valence-electron chi connectivity index (χ2n) is 6.84. The predicted octanol–water partition coefficient (Wildman–Crippen LogP) is 2.78. The number of carbonyl (C=O) groups is 1. The van der Waals surface area contributed by atoms with Crippen molar-refractivity contribution in [1.82, 2.24) is 4.90 Å². The Labute approximate surface area is 156 Å².